The van der Waals surface area contributed by atoms with Crippen LogP contribution in [-0.2, 0) is 21.3 Å². The second-order valence-corrected chi connectivity index (χ2v) is 6.92. The number of hydrogen-bond acceptors (Lipinski definition) is 4. The van der Waals surface area contributed by atoms with Crippen molar-refractivity contribution in [3.63, 3.8) is 0 Å². The third-order valence-corrected chi connectivity index (χ3v) is 4.53. The summed E-state index contributed by atoms with van der Waals surface area (Å²) < 4.78 is 17.8. The predicted molar refractivity (Wildman–Crippen MR) is 91.4 cm³/mol. The summed E-state index contributed by atoms with van der Waals surface area (Å²) in [4.78, 5) is 16.0. The van der Waals surface area contributed by atoms with Crippen LogP contribution in [0, 0.1) is 13.8 Å². The molecule has 6 heteroatoms. The lowest BCUT2D eigenvalue weighted by atomic mass is 10.1. The van der Waals surface area contributed by atoms with Crippen molar-refractivity contribution in [2.45, 2.75) is 32.9 Å². The Labute approximate surface area is 139 Å². The summed E-state index contributed by atoms with van der Waals surface area (Å²) in [5.41, 5.74) is 2.69. The summed E-state index contributed by atoms with van der Waals surface area (Å²) in [5.74, 6) is 1.19. The van der Waals surface area contributed by atoms with Crippen molar-refractivity contribution in [2.24, 2.45) is 0 Å². The minimum atomic E-state index is -1.30. The smallest absolute Gasteiger partial charge is 0.232 e. The van der Waals surface area contributed by atoms with Gasteiger partial charge in [-0.15, -0.1) is 0 Å². The van der Waals surface area contributed by atoms with Crippen molar-refractivity contribution >= 4 is 16.7 Å². The van der Waals surface area contributed by atoms with Crippen LogP contribution in [-0.4, -0.2) is 27.4 Å². The van der Waals surface area contributed by atoms with Crippen molar-refractivity contribution in [3.8, 4) is 11.5 Å². The Balaban J connectivity index is 2.02. The first-order chi connectivity index (χ1) is 11.0. The van der Waals surface area contributed by atoms with E-state index in [1.807, 2.05) is 38.1 Å². The van der Waals surface area contributed by atoms with Gasteiger partial charge in [-0.2, -0.15) is 0 Å². The second kappa shape index (κ2) is 8.06. The first-order valence-electron chi connectivity index (χ1n) is 7.64. The topological polar surface area (TPSA) is 72.2 Å². The normalized spacial score (nSPS) is 12.1. The van der Waals surface area contributed by atoms with Gasteiger partial charge < -0.3 is 9.73 Å². The third-order valence-electron chi connectivity index (χ3n) is 3.35. The van der Waals surface area contributed by atoms with E-state index in [1.165, 1.54) is 0 Å². The molecule has 0 radical (unpaired) electrons. The molecule has 1 aromatic heterocycles. The molecule has 0 saturated carbocycles. The fraction of sp³-hybridized carbons (Fsp3) is 0.412. The number of rotatable bonds is 7. The van der Waals surface area contributed by atoms with E-state index >= 15 is 0 Å². The zero-order valence-corrected chi connectivity index (χ0v) is 14.5. The van der Waals surface area contributed by atoms with Crippen molar-refractivity contribution in [1.29, 1.82) is 0 Å². The number of amides is 1. The highest BCUT2D eigenvalue weighted by molar-refractivity contribution is 7.84. The lowest BCUT2D eigenvalue weighted by Gasteiger charge is -2.02. The largest absolute Gasteiger partial charge is 0.441 e. The lowest BCUT2D eigenvalue weighted by Crippen LogP contribution is -2.29. The molecule has 2 aromatic rings. The van der Waals surface area contributed by atoms with Crippen LogP contribution < -0.4 is 5.32 Å². The maximum absolute atomic E-state index is 12.1. The number of carbonyl (C=O) groups is 1. The van der Waals surface area contributed by atoms with Gasteiger partial charge in [0.2, 0.25) is 11.8 Å². The highest BCUT2D eigenvalue weighted by atomic mass is 32.2. The van der Waals surface area contributed by atoms with E-state index in [-0.39, 0.29) is 17.4 Å². The van der Waals surface area contributed by atoms with Gasteiger partial charge in [0.15, 0.2) is 0 Å². The standard InChI is InChI=1S/C17H22N2O3S/c1-4-9-18-16(20)11-23(21)10-15-13(3)22-17(19-15)14-7-5-12(2)6-8-14/h5-8H,4,9-11H2,1-3H3,(H,18,20)/t23-/m1/s1. The van der Waals surface area contributed by atoms with E-state index < -0.39 is 10.8 Å². The lowest BCUT2D eigenvalue weighted by molar-refractivity contribution is -0.118. The van der Waals surface area contributed by atoms with Crippen LogP contribution in [0.1, 0.15) is 30.4 Å². The highest BCUT2D eigenvalue weighted by Gasteiger charge is 2.15. The molecule has 5 nitrogen and oxygen atoms in total. The molecular formula is C17H22N2O3S. The predicted octanol–water partition coefficient (Wildman–Crippen LogP) is 2.73. The Morgan fingerprint density at radius 3 is 2.61 bits per heavy atom. The quantitative estimate of drug-likeness (QED) is 0.845. The molecule has 1 amide bonds. The number of nitrogens with one attached hydrogen (secondary N) is 1. The number of aromatic nitrogens is 1. The Morgan fingerprint density at radius 2 is 1.96 bits per heavy atom. The van der Waals surface area contributed by atoms with Crippen LogP contribution in [0.2, 0.25) is 0 Å². The number of aryl methyl sites for hydroxylation is 2. The molecule has 0 aliphatic rings. The van der Waals surface area contributed by atoms with Gasteiger partial charge in [0, 0.05) is 22.9 Å². The summed E-state index contributed by atoms with van der Waals surface area (Å²) in [6.45, 7) is 6.40. The van der Waals surface area contributed by atoms with E-state index in [0.717, 1.165) is 17.5 Å². The SMILES string of the molecule is CCCNC(=O)C[S@](=O)Cc1nc(-c2ccc(C)cc2)oc1C. The molecule has 1 N–H and O–H groups in total. The van der Waals surface area contributed by atoms with Gasteiger partial charge >= 0.3 is 0 Å². The maximum atomic E-state index is 12.1. The van der Waals surface area contributed by atoms with Crippen LogP contribution in [0.4, 0.5) is 0 Å². The molecule has 1 heterocycles. The van der Waals surface area contributed by atoms with Gasteiger partial charge in [0.1, 0.15) is 11.5 Å². The number of nitrogens with zero attached hydrogens (tertiary/aromatic N) is 1. The monoisotopic (exact) mass is 334 g/mol. The first kappa shape index (κ1) is 17.4. The fourth-order valence-corrected chi connectivity index (χ4v) is 3.12. The van der Waals surface area contributed by atoms with Crippen molar-refractivity contribution < 1.29 is 13.4 Å². The van der Waals surface area contributed by atoms with E-state index in [1.54, 1.807) is 6.92 Å². The molecule has 0 aliphatic heterocycles. The van der Waals surface area contributed by atoms with Gasteiger partial charge in [-0.05, 0) is 32.4 Å². The zero-order chi connectivity index (χ0) is 16.8. The minimum absolute atomic E-state index is 0.00777. The Hall–Kier alpha value is -1.95. The minimum Gasteiger partial charge on any atom is -0.441 e. The van der Waals surface area contributed by atoms with E-state index in [0.29, 0.717) is 23.9 Å². The third kappa shape index (κ3) is 5.03. The fourth-order valence-electron chi connectivity index (χ4n) is 2.05. The van der Waals surface area contributed by atoms with Gasteiger partial charge in [-0.3, -0.25) is 9.00 Å². The van der Waals surface area contributed by atoms with Crippen LogP contribution in [0.15, 0.2) is 28.7 Å². The van der Waals surface area contributed by atoms with Gasteiger partial charge in [-0.1, -0.05) is 24.6 Å². The molecule has 1 atom stereocenters. The first-order valence-corrected chi connectivity index (χ1v) is 9.13. The zero-order valence-electron chi connectivity index (χ0n) is 13.7. The number of carbonyl (C=O) groups excluding carboxylic acids is 1. The molecule has 0 aliphatic carbocycles. The van der Waals surface area contributed by atoms with Crippen LogP contribution in [0.25, 0.3) is 11.5 Å². The van der Waals surface area contributed by atoms with Crippen LogP contribution >= 0.6 is 0 Å². The van der Waals surface area contributed by atoms with Gasteiger partial charge in [-0.25, -0.2) is 4.98 Å². The average Bonchev–Trinajstić information content (AvgIpc) is 2.86. The summed E-state index contributed by atoms with van der Waals surface area (Å²) >= 11 is 0. The molecule has 0 bridgehead atoms. The Bertz CT molecular complexity index is 692. The molecule has 0 fully saturated rings. The summed E-state index contributed by atoms with van der Waals surface area (Å²) in [6, 6.07) is 7.87. The van der Waals surface area contributed by atoms with Gasteiger partial charge in [0.05, 0.1) is 11.4 Å². The van der Waals surface area contributed by atoms with E-state index in [4.69, 9.17) is 4.42 Å². The van der Waals surface area contributed by atoms with Crippen LogP contribution in [0.5, 0.6) is 0 Å². The number of oxazole rings is 1. The number of benzene rings is 1. The number of hydrogen-bond donors (Lipinski definition) is 1. The molecule has 0 unspecified atom stereocenters. The summed E-state index contributed by atoms with van der Waals surface area (Å²) in [6.07, 6.45) is 0.862. The van der Waals surface area contributed by atoms with E-state index in [2.05, 4.69) is 10.3 Å². The van der Waals surface area contributed by atoms with E-state index in [9.17, 15) is 9.00 Å². The molecule has 0 saturated heterocycles. The maximum Gasteiger partial charge on any atom is 0.232 e. The molecular weight excluding hydrogens is 312 g/mol. The molecule has 124 valence electrons. The molecule has 0 spiro atoms. The summed E-state index contributed by atoms with van der Waals surface area (Å²) in [7, 11) is -1.30. The van der Waals surface area contributed by atoms with Crippen LogP contribution in [0.3, 0.4) is 0 Å². The highest BCUT2D eigenvalue weighted by Crippen LogP contribution is 2.22. The van der Waals surface area contributed by atoms with Crippen molar-refractivity contribution in [1.82, 2.24) is 10.3 Å². The molecule has 23 heavy (non-hydrogen) atoms. The molecule has 2 rings (SSSR count). The van der Waals surface area contributed by atoms with Crippen molar-refractivity contribution in [2.75, 3.05) is 12.3 Å². The molecule has 1 aromatic carbocycles. The van der Waals surface area contributed by atoms with Crippen molar-refractivity contribution in [3.05, 3.63) is 41.3 Å². The Kier molecular flexibility index (Phi) is 6.10. The average molecular weight is 334 g/mol. The Morgan fingerprint density at radius 1 is 1.26 bits per heavy atom. The second-order valence-electron chi connectivity index (χ2n) is 5.47. The van der Waals surface area contributed by atoms with Gasteiger partial charge in [0.25, 0.3) is 0 Å². The summed E-state index contributed by atoms with van der Waals surface area (Å²) in [5, 5.41) is 2.72.